The number of nitrogens with zero attached hydrogens (tertiary/aromatic N) is 2. The van der Waals surface area contributed by atoms with Crippen molar-refractivity contribution >= 4 is 35.1 Å². The number of para-hydroxylation sites is 1. The molecule has 2 aromatic rings. The highest BCUT2D eigenvalue weighted by Gasteiger charge is 2.22. The minimum absolute atomic E-state index is 0.00867. The van der Waals surface area contributed by atoms with Crippen molar-refractivity contribution in [3.63, 3.8) is 0 Å². The van der Waals surface area contributed by atoms with E-state index in [1.54, 1.807) is 59.5 Å². The first-order valence-electron chi connectivity index (χ1n) is 9.67. The summed E-state index contributed by atoms with van der Waals surface area (Å²) < 4.78 is 5.16. The molecule has 0 atom stereocenters. The van der Waals surface area contributed by atoms with Crippen LogP contribution in [0.5, 0.6) is 0 Å². The Labute approximate surface area is 174 Å². The Morgan fingerprint density at radius 2 is 1.73 bits per heavy atom. The number of hydrogen-bond acceptors (Lipinski definition) is 5. The molecular formula is C22H23N3O5. The summed E-state index contributed by atoms with van der Waals surface area (Å²) in [5, 5.41) is 0. The van der Waals surface area contributed by atoms with Gasteiger partial charge in [0.25, 0.3) is 5.91 Å². The van der Waals surface area contributed by atoms with Gasteiger partial charge in [-0.1, -0.05) is 18.2 Å². The third kappa shape index (κ3) is 5.22. The Kier molecular flexibility index (Phi) is 6.79. The molecule has 2 aromatic carbocycles. The lowest BCUT2D eigenvalue weighted by molar-refractivity contribution is -0.122. The lowest BCUT2D eigenvalue weighted by Crippen LogP contribution is -2.37. The number of carbonyl (C=O) groups is 4. The van der Waals surface area contributed by atoms with Crippen LogP contribution in [0.15, 0.2) is 54.6 Å². The number of ether oxygens (including phenoxy) is 1. The largest absolute Gasteiger partial charge is 0.452 e. The van der Waals surface area contributed by atoms with Crippen LogP contribution < -0.4 is 15.5 Å². The second-order valence-corrected chi connectivity index (χ2v) is 6.87. The van der Waals surface area contributed by atoms with E-state index in [9.17, 15) is 19.2 Å². The van der Waals surface area contributed by atoms with Crippen LogP contribution >= 0.6 is 0 Å². The van der Waals surface area contributed by atoms with E-state index in [4.69, 9.17) is 10.5 Å². The summed E-state index contributed by atoms with van der Waals surface area (Å²) in [5.74, 6) is -1.58. The first kappa shape index (κ1) is 21.0. The van der Waals surface area contributed by atoms with Crippen LogP contribution in [-0.2, 0) is 19.1 Å². The van der Waals surface area contributed by atoms with Gasteiger partial charge in [0.1, 0.15) is 0 Å². The standard InChI is InChI=1S/C22H23N3O5/c23-19(26)12-14-25(17-5-2-1-3-6-17)21(28)15-30-22(29)16-8-10-18(11-9-16)24-13-4-7-20(24)27/h1-3,5-6,8-11H,4,7,12-15H2,(H2,23,26). The number of primary amides is 1. The molecule has 8 nitrogen and oxygen atoms in total. The molecule has 1 aliphatic rings. The molecule has 0 aliphatic carbocycles. The first-order chi connectivity index (χ1) is 14.5. The normalized spacial score (nSPS) is 13.2. The Morgan fingerprint density at radius 1 is 1.03 bits per heavy atom. The Morgan fingerprint density at radius 3 is 2.33 bits per heavy atom. The van der Waals surface area contributed by atoms with Gasteiger partial charge in [-0.05, 0) is 42.8 Å². The molecule has 3 rings (SSSR count). The van der Waals surface area contributed by atoms with Crippen molar-refractivity contribution in [3.8, 4) is 0 Å². The average molecular weight is 409 g/mol. The van der Waals surface area contributed by atoms with Gasteiger partial charge in [0.2, 0.25) is 11.8 Å². The van der Waals surface area contributed by atoms with E-state index in [1.807, 2.05) is 0 Å². The van der Waals surface area contributed by atoms with E-state index in [0.29, 0.717) is 18.7 Å². The second kappa shape index (κ2) is 9.69. The third-order valence-corrected chi connectivity index (χ3v) is 4.77. The summed E-state index contributed by atoms with van der Waals surface area (Å²) in [4.78, 5) is 50.9. The van der Waals surface area contributed by atoms with E-state index in [0.717, 1.165) is 12.1 Å². The van der Waals surface area contributed by atoms with Crippen molar-refractivity contribution in [2.24, 2.45) is 5.73 Å². The Hall–Kier alpha value is -3.68. The predicted octanol–water partition coefficient (Wildman–Crippen LogP) is 1.88. The topological polar surface area (TPSA) is 110 Å². The molecule has 0 saturated carbocycles. The van der Waals surface area contributed by atoms with E-state index < -0.39 is 24.4 Å². The summed E-state index contributed by atoms with van der Waals surface area (Å²) in [6.07, 6.45) is 1.34. The highest BCUT2D eigenvalue weighted by atomic mass is 16.5. The predicted molar refractivity (Wildman–Crippen MR) is 111 cm³/mol. The molecule has 1 heterocycles. The number of carbonyl (C=O) groups excluding carboxylic acids is 4. The quantitative estimate of drug-likeness (QED) is 0.670. The van der Waals surface area contributed by atoms with Gasteiger partial charge in [0, 0.05) is 37.3 Å². The van der Waals surface area contributed by atoms with Crippen molar-refractivity contribution in [1.82, 2.24) is 0 Å². The lowest BCUT2D eigenvalue weighted by atomic mass is 10.2. The first-order valence-corrected chi connectivity index (χ1v) is 9.67. The van der Waals surface area contributed by atoms with Crippen molar-refractivity contribution in [2.75, 3.05) is 29.5 Å². The fourth-order valence-corrected chi connectivity index (χ4v) is 3.21. The molecule has 0 radical (unpaired) electrons. The Balaban J connectivity index is 1.61. The monoisotopic (exact) mass is 409 g/mol. The van der Waals surface area contributed by atoms with Gasteiger partial charge in [-0.25, -0.2) is 4.79 Å². The lowest BCUT2D eigenvalue weighted by Gasteiger charge is -2.22. The van der Waals surface area contributed by atoms with Gasteiger partial charge in [0.15, 0.2) is 6.61 Å². The number of anilines is 2. The molecule has 0 unspecified atom stereocenters. The van der Waals surface area contributed by atoms with Crippen LogP contribution in [-0.4, -0.2) is 43.4 Å². The third-order valence-electron chi connectivity index (χ3n) is 4.77. The van der Waals surface area contributed by atoms with E-state index in [-0.39, 0.29) is 24.4 Å². The zero-order chi connectivity index (χ0) is 21.5. The summed E-state index contributed by atoms with van der Waals surface area (Å²) in [5.41, 5.74) is 6.79. The number of amides is 3. The molecule has 1 saturated heterocycles. The van der Waals surface area contributed by atoms with Crippen LogP contribution in [0, 0.1) is 0 Å². The summed E-state index contributed by atoms with van der Waals surface area (Å²) in [7, 11) is 0. The van der Waals surface area contributed by atoms with Gasteiger partial charge in [-0.15, -0.1) is 0 Å². The van der Waals surface area contributed by atoms with Crippen LogP contribution in [0.4, 0.5) is 11.4 Å². The molecule has 1 fully saturated rings. The number of nitrogens with two attached hydrogens (primary N) is 1. The van der Waals surface area contributed by atoms with Gasteiger partial charge < -0.3 is 20.3 Å². The molecular weight excluding hydrogens is 386 g/mol. The van der Waals surface area contributed by atoms with Crippen LogP contribution in [0.1, 0.15) is 29.6 Å². The molecule has 0 spiro atoms. The number of rotatable bonds is 8. The zero-order valence-corrected chi connectivity index (χ0v) is 16.5. The highest BCUT2D eigenvalue weighted by Crippen LogP contribution is 2.22. The van der Waals surface area contributed by atoms with Gasteiger partial charge in [-0.2, -0.15) is 0 Å². The Bertz CT molecular complexity index is 928. The molecule has 0 aromatic heterocycles. The number of benzene rings is 2. The maximum absolute atomic E-state index is 12.6. The highest BCUT2D eigenvalue weighted by molar-refractivity contribution is 5.98. The fourth-order valence-electron chi connectivity index (χ4n) is 3.21. The minimum atomic E-state index is -0.648. The average Bonchev–Trinajstić information content (AvgIpc) is 3.18. The number of hydrogen-bond donors (Lipinski definition) is 1. The van der Waals surface area contributed by atoms with E-state index >= 15 is 0 Å². The molecule has 2 N–H and O–H groups in total. The van der Waals surface area contributed by atoms with Crippen LogP contribution in [0.3, 0.4) is 0 Å². The van der Waals surface area contributed by atoms with Crippen molar-refractivity contribution in [3.05, 3.63) is 60.2 Å². The molecule has 30 heavy (non-hydrogen) atoms. The zero-order valence-electron chi connectivity index (χ0n) is 16.5. The van der Waals surface area contributed by atoms with Crippen LogP contribution in [0.25, 0.3) is 0 Å². The molecule has 3 amide bonds. The van der Waals surface area contributed by atoms with Crippen molar-refractivity contribution < 1.29 is 23.9 Å². The molecule has 156 valence electrons. The van der Waals surface area contributed by atoms with Gasteiger partial charge in [-0.3, -0.25) is 14.4 Å². The minimum Gasteiger partial charge on any atom is -0.452 e. The second-order valence-electron chi connectivity index (χ2n) is 6.87. The SMILES string of the molecule is NC(=O)CCN(C(=O)COC(=O)c1ccc(N2CCCC2=O)cc1)c1ccccc1. The van der Waals surface area contributed by atoms with Gasteiger partial charge >= 0.3 is 5.97 Å². The summed E-state index contributed by atoms with van der Waals surface area (Å²) >= 11 is 0. The van der Waals surface area contributed by atoms with Gasteiger partial charge in [0.05, 0.1) is 5.56 Å². The molecule has 0 bridgehead atoms. The summed E-state index contributed by atoms with van der Waals surface area (Å²) in [6.45, 7) is 0.283. The smallest absolute Gasteiger partial charge is 0.338 e. The maximum Gasteiger partial charge on any atom is 0.338 e. The molecule has 1 aliphatic heterocycles. The molecule has 8 heteroatoms. The maximum atomic E-state index is 12.6. The number of esters is 1. The summed E-state index contributed by atoms with van der Waals surface area (Å²) in [6, 6.07) is 15.3. The fraction of sp³-hybridized carbons (Fsp3) is 0.273. The van der Waals surface area contributed by atoms with E-state index in [1.165, 1.54) is 4.90 Å². The van der Waals surface area contributed by atoms with Crippen LogP contribution in [0.2, 0.25) is 0 Å². The van der Waals surface area contributed by atoms with Crippen molar-refractivity contribution in [1.29, 1.82) is 0 Å². The van der Waals surface area contributed by atoms with E-state index in [2.05, 4.69) is 0 Å². The van der Waals surface area contributed by atoms with Crippen molar-refractivity contribution in [2.45, 2.75) is 19.3 Å².